The van der Waals surface area contributed by atoms with E-state index in [9.17, 15) is 9.59 Å². The maximum atomic E-state index is 12.2. The van der Waals surface area contributed by atoms with E-state index in [0.29, 0.717) is 12.3 Å². The van der Waals surface area contributed by atoms with Crippen LogP contribution in [0, 0.1) is 11.8 Å². The van der Waals surface area contributed by atoms with Crippen LogP contribution >= 0.6 is 15.9 Å². The van der Waals surface area contributed by atoms with E-state index < -0.39 is 0 Å². The third-order valence-corrected chi connectivity index (χ3v) is 4.30. The lowest BCUT2D eigenvalue weighted by Crippen LogP contribution is -2.45. The molecule has 1 heterocycles. The first-order valence-electron chi connectivity index (χ1n) is 7.09. The van der Waals surface area contributed by atoms with Crippen LogP contribution in [0.1, 0.15) is 38.2 Å². The molecule has 2 unspecified atom stereocenters. The number of carbonyl (C=O) groups excluding carboxylic acids is 2. The lowest BCUT2D eigenvalue weighted by Gasteiger charge is -2.32. The average molecular weight is 354 g/mol. The largest absolute Gasteiger partial charge is 0.496 e. The SMILES string of the molecule is COc1ccc(Br)cc1C1CC(=O)NC(=O)C1CC(C)C. The molecule has 0 bridgehead atoms. The summed E-state index contributed by atoms with van der Waals surface area (Å²) in [6.07, 6.45) is 1.06. The van der Waals surface area contributed by atoms with Crippen molar-refractivity contribution in [1.29, 1.82) is 0 Å². The number of amides is 2. The van der Waals surface area contributed by atoms with Crippen molar-refractivity contribution in [2.45, 2.75) is 32.6 Å². The Labute approximate surface area is 133 Å². The van der Waals surface area contributed by atoms with E-state index in [1.807, 2.05) is 18.2 Å². The van der Waals surface area contributed by atoms with Gasteiger partial charge < -0.3 is 4.74 Å². The van der Waals surface area contributed by atoms with Crippen molar-refractivity contribution in [3.8, 4) is 5.75 Å². The summed E-state index contributed by atoms with van der Waals surface area (Å²) >= 11 is 3.45. The van der Waals surface area contributed by atoms with Crippen molar-refractivity contribution in [3.63, 3.8) is 0 Å². The molecule has 0 spiro atoms. The maximum Gasteiger partial charge on any atom is 0.230 e. The molecule has 2 rings (SSSR count). The van der Waals surface area contributed by atoms with E-state index in [1.54, 1.807) is 7.11 Å². The highest BCUT2D eigenvalue weighted by Crippen LogP contribution is 2.40. The Morgan fingerprint density at radius 1 is 1.38 bits per heavy atom. The van der Waals surface area contributed by atoms with Crippen molar-refractivity contribution in [2.24, 2.45) is 11.8 Å². The average Bonchev–Trinajstić information content (AvgIpc) is 2.41. The first-order valence-corrected chi connectivity index (χ1v) is 7.88. The number of methoxy groups -OCH3 is 1. The van der Waals surface area contributed by atoms with Gasteiger partial charge in [0.1, 0.15) is 5.75 Å². The molecule has 4 nitrogen and oxygen atoms in total. The van der Waals surface area contributed by atoms with Gasteiger partial charge in [0.2, 0.25) is 11.8 Å². The number of hydrogen-bond acceptors (Lipinski definition) is 3. The van der Waals surface area contributed by atoms with E-state index in [0.717, 1.165) is 22.2 Å². The maximum absolute atomic E-state index is 12.2. The Kier molecular flexibility index (Phi) is 5.04. The van der Waals surface area contributed by atoms with Gasteiger partial charge >= 0.3 is 0 Å². The van der Waals surface area contributed by atoms with Gasteiger partial charge in [-0.3, -0.25) is 14.9 Å². The molecule has 1 aliphatic rings. The van der Waals surface area contributed by atoms with Crippen LogP contribution in [0.15, 0.2) is 22.7 Å². The van der Waals surface area contributed by atoms with Crippen LogP contribution in [0.3, 0.4) is 0 Å². The van der Waals surface area contributed by atoms with Gasteiger partial charge in [-0.2, -0.15) is 0 Å². The summed E-state index contributed by atoms with van der Waals surface area (Å²) in [4.78, 5) is 24.0. The molecule has 1 aliphatic heterocycles. The Bertz CT molecular complexity index is 556. The van der Waals surface area contributed by atoms with E-state index in [4.69, 9.17) is 4.74 Å². The molecule has 21 heavy (non-hydrogen) atoms. The molecule has 2 atom stereocenters. The van der Waals surface area contributed by atoms with Crippen molar-refractivity contribution in [1.82, 2.24) is 5.32 Å². The highest BCUT2D eigenvalue weighted by atomic mass is 79.9. The minimum Gasteiger partial charge on any atom is -0.496 e. The number of ether oxygens (including phenoxy) is 1. The number of imide groups is 1. The molecular weight excluding hydrogens is 334 g/mol. The summed E-state index contributed by atoms with van der Waals surface area (Å²) in [5, 5.41) is 2.46. The molecule has 2 amide bonds. The molecule has 1 saturated heterocycles. The number of benzene rings is 1. The Morgan fingerprint density at radius 2 is 2.10 bits per heavy atom. The highest BCUT2D eigenvalue weighted by Gasteiger charge is 2.38. The fraction of sp³-hybridized carbons (Fsp3) is 0.500. The van der Waals surface area contributed by atoms with E-state index >= 15 is 0 Å². The Balaban J connectivity index is 2.43. The molecule has 1 aromatic carbocycles. The fourth-order valence-corrected chi connectivity index (χ4v) is 3.29. The zero-order valence-corrected chi connectivity index (χ0v) is 14.1. The summed E-state index contributed by atoms with van der Waals surface area (Å²) in [6.45, 7) is 4.16. The Hall–Kier alpha value is -1.36. The lowest BCUT2D eigenvalue weighted by atomic mass is 9.76. The molecule has 1 aromatic rings. The Morgan fingerprint density at radius 3 is 2.71 bits per heavy atom. The second-order valence-electron chi connectivity index (χ2n) is 5.85. The third kappa shape index (κ3) is 3.64. The number of nitrogens with one attached hydrogen (secondary N) is 1. The van der Waals surface area contributed by atoms with Gasteiger partial charge in [-0.1, -0.05) is 29.8 Å². The lowest BCUT2D eigenvalue weighted by molar-refractivity contribution is -0.137. The van der Waals surface area contributed by atoms with Crippen LogP contribution in [-0.2, 0) is 9.59 Å². The van der Waals surface area contributed by atoms with Gasteiger partial charge in [0, 0.05) is 22.7 Å². The standard InChI is InChI=1S/C16H20BrNO3/c1-9(2)6-13-11(8-15(19)18-16(13)20)12-7-10(17)4-5-14(12)21-3/h4-5,7,9,11,13H,6,8H2,1-3H3,(H,18,19,20). The van der Waals surface area contributed by atoms with E-state index in [2.05, 4.69) is 35.1 Å². The number of halogens is 1. The molecular formula is C16H20BrNO3. The molecule has 0 aromatic heterocycles. The van der Waals surface area contributed by atoms with Crippen molar-refractivity contribution < 1.29 is 14.3 Å². The predicted molar refractivity (Wildman–Crippen MR) is 84.1 cm³/mol. The second kappa shape index (κ2) is 6.60. The summed E-state index contributed by atoms with van der Waals surface area (Å²) in [5.41, 5.74) is 0.917. The molecule has 114 valence electrons. The van der Waals surface area contributed by atoms with Crippen LogP contribution in [0.2, 0.25) is 0 Å². The smallest absolute Gasteiger partial charge is 0.230 e. The summed E-state index contributed by atoms with van der Waals surface area (Å²) in [6, 6.07) is 5.70. The molecule has 0 aliphatic carbocycles. The van der Waals surface area contributed by atoms with Gasteiger partial charge in [-0.25, -0.2) is 0 Å². The fourth-order valence-electron chi connectivity index (χ4n) is 2.91. The van der Waals surface area contributed by atoms with Gasteiger partial charge in [0.25, 0.3) is 0 Å². The van der Waals surface area contributed by atoms with Crippen molar-refractivity contribution in [2.75, 3.05) is 7.11 Å². The van der Waals surface area contributed by atoms with Crippen molar-refractivity contribution in [3.05, 3.63) is 28.2 Å². The van der Waals surface area contributed by atoms with Crippen molar-refractivity contribution >= 4 is 27.7 Å². The predicted octanol–water partition coefficient (Wildman–Crippen LogP) is 3.25. The molecule has 1 N–H and O–H groups in total. The first-order chi connectivity index (χ1) is 9.92. The van der Waals surface area contributed by atoms with Crippen LogP contribution in [-0.4, -0.2) is 18.9 Å². The summed E-state index contributed by atoms with van der Waals surface area (Å²) in [5.74, 6) is 0.375. The van der Waals surface area contributed by atoms with Crippen LogP contribution in [0.25, 0.3) is 0 Å². The summed E-state index contributed by atoms with van der Waals surface area (Å²) in [7, 11) is 1.61. The van der Waals surface area contributed by atoms with Crippen LogP contribution in [0.5, 0.6) is 5.75 Å². The number of piperidine rings is 1. The zero-order valence-electron chi connectivity index (χ0n) is 12.5. The first kappa shape index (κ1) is 16.0. The second-order valence-corrected chi connectivity index (χ2v) is 6.76. The minimum atomic E-state index is -0.216. The third-order valence-electron chi connectivity index (χ3n) is 3.81. The van der Waals surface area contributed by atoms with E-state index in [-0.39, 0.29) is 23.7 Å². The molecule has 0 saturated carbocycles. The summed E-state index contributed by atoms with van der Waals surface area (Å²) < 4.78 is 6.33. The monoisotopic (exact) mass is 353 g/mol. The van der Waals surface area contributed by atoms with Crippen LogP contribution in [0.4, 0.5) is 0 Å². The van der Waals surface area contributed by atoms with Gasteiger partial charge in [0.15, 0.2) is 0 Å². The zero-order chi connectivity index (χ0) is 15.6. The number of hydrogen-bond donors (Lipinski definition) is 1. The van der Waals surface area contributed by atoms with Gasteiger partial charge in [-0.05, 0) is 36.1 Å². The normalized spacial score (nSPS) is 22.3. The molecule has 5 heteroatoms. The topological polar surface area (TPSA) is 55.4 Å². The van der Waals surface area contributed by atoms with Crippen LogP contribution < -0.4 is 10.1 Å². The number of carbonyl (C=O) groups is 2. The molecule has 1 fully saturated rings. The highest BCUT2D eigenvalue weighted by molar-refractivity contribution is 9.10. The minimum absolute atomic E-state index is 0.138. The van der Waals surface area contributed by atoms with Gasteiger partial charge in [0.05, 0.1) is 7.11 Å². The number of rotatable bonds is 4. The van der Waals surface area contributed by atoms with E-state index in [1.165, 1.54) is 0 Å². The molecule has 0 radical (unpaired) electrons. The quantitative estimate of drug-likeness (QED) is 0.845. The van der Waals surface area contributed by atoms with Gasteiger partial charge in [-0.15, -0.1) is 0 Å².